The summed E-state index contributed by atoms with van der Waals surface area (Å²) in [5.41, 5.74) is 3.69. The second-order valence-electron chi connectivity index (χ2n) is 7.36. The lowest BCUT2D eigenvalue weighted by molar-refractivity contribution is 0.0943. The Hall–Kier alpha value is -3.50. The van der Waals surface area contributed by atoms with Crippen molar-refractivity contribution < 1.29 is 9.53 Å². The standard InChI is InChI=1S/C28H25NO2S/c1-31-26-18-17-23(19-24(26)20-32-25-15-9-4-10-16-25)28(30)29-27(21-11-5-2-6-12-21)22-13-7-3-8-14-22/h2-19,27H,20H2,1H3,(H,29,30). The van der Waals surface area contributed by atoms with Crippen LogP contribution < -0.4 is 10.1 Å². The summed E-state index contributed by atoms with van der Waals surface area (Å²) in [6.45, 7) is 0. The van der Waals surface area contributed by atoms with Crippen molar-refractivity contribution in [3.05, 3.63) is 131 Å². The molecule has 4 aromatic rings. The molecule has 32 heavy (non-hydrogen) atoms. The number of amides is 1. The lowest BCUT2D eigenvalue weighted by Gasteiger charge is -2.20. The van der Waals surface area contributed by atoms with Gasteiger partial charge in [0.1, 0.15) is 5.75 Å². The van der Waals surface area contributed by atoms with E-state index in [-0.39, 0.29) is 11.9 Å². The monoisotopic (exact) mass is 439 g/mol. The van der Waals surface area contributed by atoms with Crippen LogP contribution in [0.3, 0.4) is 0 Å². The molecule has 0 radical (unpaired) electrons. The molecule has 0 aliphatic heterocycles. The van der Waals surface area contributed by atoms with Gasteiger partial charge in [0.25, 0.3) is 5.91 Å². The van der Waals surface area contributed by atoms with Crippen LogP contribution in [-0.4, -0.2) is 13.0 Å². The number of hydrogen-bond donors (Lipinski definition) is 1. The Labute approximate surface area is 193 Å². The van der Waals surface area contributed by atoms with Gasteiger partial charge in [0, 0.05) is 21.8 Å². The first-order valence-corrected chi connectivity index (χ1v) is 11.5. The number of benzene rings is 4. The molecule has 0 aliphatic rings. The Morgan fingerprint density at radius 2 is 1.38 bits per heavy atom. The quantitative estimate of drug-likeness (QED) is 0.318. The van der Waals surface area contributed by atoms with Crippen LogP contribution in [0.4, 0.5) is 0 Å². The SMILES string of the molecule is COc1ccc(C(=O)NC(c2ccccc2)c2ccccc2)cc1CSc1ccccc1. The fourth-order valence-electron chi connectivity index (χ4n) is 3.57. The molecule has 0 heterocycles. The zero-order valence-corrected chi connectivity index (χ0v) is 18.7. The summed E-state index contributed by atoms with van der Waals surface area (Å²) >= 11 is 1.72. The van der Waals surface area contributed by atoms with Gasteiger partial charge in [-0.25, -0.2) is 0 Å². The van der Waals surface area contributed by atoms with Gasteiger partial charge in [-0.05, 0) is 41.5 Å². The van der Waals surface area contributed by atoms with Crippen LogP contribution in [0, 0.1) is 0 Å². The van der Waals surface area contributed by atoms with E-state index in [2.05, 4.69) is 17.4 Å². The zero-order chi connectivity index (χ0) is 22.2. The van der Waals surface area contributed by atoms with Crippen molar-refractivity contribution in [3.8, 4) is 5.75 Å². The number of nitrogens with one attached hydrogen (secondary N) is 1. The Balaban J connectivity index is 1.57. The van der Waals surface area contributed by atoms with Gasteiger partial charge in [-0.15, -0.1) is 11.8 Å². The van der Waals surface area contributed by atoms with Crippen LogP contribution in [0.25, 0.3) is 0 Å². The maximum absolute atomic E-state index is 13.3. The molecule has 4 aromatic carbocycles. The largest absolute Gasteiger partial charge is 0.496 e. The Morgan fingerprint density at radius 1 is 0.812 bits per heavy atom. The molecule has 4 rings (SSSR count). The van der Waals surface area contributed by atoms with E-state index in [9.17, 15) is 4.79 Å². The molecule has 0 saturated heterocycles. The highest BCUT2D eigenvalue weighted by Gasteiger charge is 2.18. The van der Waals surface area contributed by atoms with Crippen molar-refractivity contribution in [2.24, 2.45) is 0 Å². The van der Waals surface area contributed by atoms with Gasteiger partial charge in [-0.3, -0.25) is 4.79 Å². The second kappa shape index (κ2) is 10.7. The maximum Gasteiger partial charge on any atom is 0.252 e. The predicted molar refractivity (Wildman–Crippen MR) is 131 cm³/mol. The van der Waals surface area contributed by atoms with E-state index in [1.807, 2.05) is 97.1 Å². The summed E-state index contributed by atoms with van der Waals surface area (Å²) in [5, 5.41) is 3.22. The van der Waals surface area contributed by atoms with Crippen molar-refractivity contribution in [1.29, 1.82) is 0 Å². The molecule has 0 fully saturated rings. The van der Waals surface area contributed by atoms with Gasteiger partial charge in [0.05, 0.1) is 13.2 Å². The number of hydrogen-bond acceptors (Lipinski definition) is 3. The van der Waals surface area contributed by atoms with Crippen molar-refractivity contribution >= 4 is 17.7 Å². The lowest BCUT2D eigenvalue weighted by atomic mass is 9.98. The molecular weight excluding hydrogens is 414 g/mol. The van der Waals surface area contributed by atoms with Crippen LogP contribution in [0.2, 0.25) is 0 Å². The number of methoxy groups -OCH3 is 1. The third kappa shape index (κ3) is 5.40. The minimum atomic E-state index is -0.228. The van der Waals surface area contributed by atoms with Gasteiger partial charge in [0.2, 0.25) is 0 Å². The van der Waals surface area contributed by atoms with Crippen LogP contribution >= 0.6 is 11.8 Å². The Bertz CT molecular complexity index is 1110. The van der Waals surface area contributed by atoms with Crippen molar-refractivity contribution in [1.82, 2.24) is 5.32 Å². The van der Waals surface area contributed by atoms with Gasteiger partial charge in [0.15, 0.2) is 0 Å². The number of carbonyl (C=O) groups is 1. The first kappa shape index (κ1) is 21.7. The molecule has 0 unspecified atom stereocenters. The number of thioether (sulfide) groups is 1. The molecule has 3 nitrogen and oxygen atoms in total. The molecule has 0 spiro atoms. The second-order valence-corrected chi connectivity index (χ2v) is 8.40. The third-order valence-electron chi connectivity index (χ3n) is 5.22. The lowest BCUT2D eigenvalue weighted by Crippen LogP contribution is -2.29. The number of carbonyl (C=O) groups excluding carboxylic acids is 1. The van der Waals surface area contributed by atoms with Gasteiger partial charge in [-0.2, -0.15) is 0 Å². The summed E-state index contributed by atoms with van der Waals surface area (Å²) in [6.07, 6.45) is 0. The Morgan fingerprint density at radius 3 is 1.94 bits per heavy atom. The predicted octanol–water partition coefficient (Wildman–Crippen LogP) is 6.51. The minimum absolute atomic E-state index is 0.115. The minimum Gasteiger partial charge on any atom is -0.496 e. The van der Waals surface area contributed by atoms with Gasteiger partial charge in [-0.1, -0.05) is 78.9 Å². The van der Waals surface area contributed by atoms with E-state index < -0.39 is 0 Å². The summed E-state index contributed by atoms with van der Waals surface area (Å²) in [7, 11) is 1.66. The first-order chi connectivity index (χ1) is 15.7. The van der Waals surface area contributed by atoms with Crippen molar-refractivity contribution in [2.75, 3.05) is 7.11 Å². The summed E-state index contributed by atoms with van der Waals surface area (Å²) in [5.74, 6) is 1.39. The summed E-state index contributed by atoms with van der Waals surface area (Å²) in [4.78, 5) is 14.4. The smallest absolute Gasteiger partial charge is 0.252 e. The maximum atomic E-state index is 13.3. The molecule has 1 amide bonds. The molecule has 0 atom stereocenters. The molecule has 0 aromatic heterocycles. The van der Waals surface area contributed by atoms with E-state index in [0.717, 1.165) is 28.2 Å². The Kier molecular flexibility index (Phi) is 7.26. The molecule has 0 saturated carbocycles. The van der Waals surface area contributed by atoms with Crippen molar-refractivity contribution in [3.63, 3.8) is 0 Å². The third-order valence-corrected chi connectivity index (χ3v) is 6.28. The fraction of sp³-hybridized carbons (Fsp3) is 0.107. The van der Waals surface area contributed by atoms with E-state index in [1.165, 1.54) is 4.90 Å². The van der Waals surface area contributed by atoms with Crippen LogP contribution in [0.5, 0.6) is 5.75 Å². The number of ether oxygens (including phenoxy) is 1. The summed E-state index contributed by atoms with van der Waals surface area (Å²) in [6, 6.07) is 35.7. The van der Waals surface area contributed by atoms with Gasteiger partial charge >= 0.3 is 0 Å². The van der Waals surface area contributed by atoms with Crippen molar-refractivity contribution in [2.45, 2.75) is 16.7 Å². The van der Waals surface area contributed by atoms with Crippen LogP contribution in [0.15, 0.2) is 114 Å². The summed E-state index contributed by atoms with van der Waals surface area (Å²) < 4.78 is 5.54. The van der Waals surface area contributed by atoms with Gasteiger partial charge < -0.3 is 10.1 Å². The first-order valence-electron chi connectivity index (χ1n) is 10.5. The highest BCUT2D eigenvalue weighted by molar-refractivity contribution is 7.98. The average Bonchev–Trinajstić information content (AvgIpc) is 2.87. The normalized spacial score (nSPS) is 10.7. The molecule has 1 N–H and O–H groups in total. The zero-order valence-electron chi connectivity index (χ0n) is 17.9. The van der Waals surface area contributed by atoms with E-state index in [1.54, 1.807) is 18.9 Å². The fourth-order valence-corrected chi connectivity index (χ4v) is 4.47. The highest BCUT2D eigenvalue weighted by atomic mass is 32.2. The molecule has 4 heteroatoms. The molecule has 0 bridgehead atoms. The van der Waals surface area contributed by atoms with E-state index in [4.69, 9.17) is 4.74 Å². The highest BCUT2D eigenvalue weighted by Crippen LogP contribution is 2.29. The molecule has 0 aliphatic carbocycles. The van der Waals surface area contributed by atoms with E-state index in [0.29, 0.717) is 5.56 Å². The van der Waals surface area contributed by atoms with Crippen LogP contribution in [-0.2, 0) is 5.75 Å². The molecule has 160 valence electrons. The molecular formula is C28H25NO2S. The van der Waals surface area contributed by atoms with Crippen LogP contribution in [0.1, 0.15) is 33.1 Å². The van der Waals surface area contributed by atoms with E-state index >= 15 is 0 Å². The topological polar surface area (TPSA) is 38.3 Å². The number of rotatable bonds is 8. The average molecular weight is 440 g/mol.